The summed E-state index contributed by atoms with van der Waals surface area (Å²) >= 11 is 0. The number of hydrogen-bond acceptors (Lipinski definition) is 3. The van der Waals surface area contributed by atoms with Gasteiger partial charge < -0.3 is 10.4 Å². The molecule has 0 radical (unpaired) electrons. The number of carbonyl (C=O) groups excluding carboxylic acids is 1. The third-order valence-corrected chi connectivity index (χ3v) is 6.52. The van der Waals surface area contributed by atoms with Crippen LogP contribution in [0.5, 0.6) is 5.75 Å². The van der Waals surface area contributed by atoms with Crippen molar-refractivity contribution in [3.63, 3.8) is 0 Å². The first-order valence-corrected chi connectivity index (χ1v) is 9.06. The van der Waals surface area contributed by atoms with Crippen molar-refractivity contribution in [3.05, 3.63) is 36.0 Å². The van der Waals surface area contributed by atoms with E-state index in [9.17, 15) is 9.90 Å². The van der Waals surface area contributed by atoms with Crippen LogP contribution in [0.25, 0.3) is 10.9 Å². The fourth-order valence-electron chi connectivity index (χ4n) is 5.70. The molecule has 1 aromatic heterocycles. The van der Waals surface area contributed by atoms with Gasteiger partial charge >= 0.3 is 0 Å². The molecule has 4 heteroatoms. The van der Waals surface area contributed by atoms with Crippen LogP contribution in [0.1, 0.15) is 49.9 Å². The van der Waals surface area contributed by atoms with Crippen LogP contribution < -0.4 is 5.32 Å². The summed E-state index contributed by atoms with van der Waals surface area (Å²) in [5, 5.41) is 14.6. The number of benzene rings is 1. The lowest BCUT2D eigenvalue weighted by molar-refractivity contribution is -0.0119. The van der Waals surface area contributed by atoms with Crippen LogP contribution in [0.2, 0.25) is 0 Å². The predicted molar refractivity (Wildman–Crippen MR) is 98.4 cm³/mol. The van der Waals surface area contributed by atoms with Crippen LogP contribution in [-0.2, 0) is 0 Å². The van der Waals surface area contributed by atoms with Gasteiger partial charge in [-0.2, -0.15) is 0 Å². The first kappa shape index (κ1) is 16.4. The van der Waals surface area contributed by atoms with E-state index in [2.05, 4.69) is 10.3 Å². The summed E-state index contributed by atoms with van der Waals surface area (Å²) in [4.78, 5) is 17.0. The minimum Gasteiger partial charge on any atom is -0.505 e. The molecule has 4 nitrogen and oxygen atoms in total. The first-order chi connectivity index (χ1) is 11.7. The van der Waals surface area contributed by atoms with E-state index >= 15 is 0 Å². The highest BCUT2D eigenvalue weighted by Gasteiger charge is 2.48. The van der Waals surface area contributed by atoms with E-state index in [-0.39, 0.29) is 25.1 Å². The summed E-state index contributed by atoms with van der Waals surface area (Å²) < 4.78 is 0. The van der Waals surface area contributed by atoms with Crippen molar-refractivity contribution >= 4 is 16.8 Å². The second-order valence-electron chi connectivity index (χ2n) is 7.97. The lowest BCUT2D eigenvalue weighted by Gasteiger charge is -2.54. The van der Waals surface area contributed by atoms with Gasteiger partial charge in [-0.1, -0.05) is 19.6 Å². The van der Waals surface area contributed by atoms with Crippen molar-refractivity contribution in [3.8, 4) is 5.75 Å². The van der Waals surface area contributed by atoms with Crippen molar-refractivity contribution in [2.24, 2.45) is 23.7 Å². The molecule has 2 aromatic rings. The van der Waals surface area contributed by atoms with Gasteiger partial charge in [-0.3, -0.25) is 9.78 Å². The molecule has 4 aliphatic carbocycles. The number of fused-ring (bicyclic) bond motifs is 1. The molecule has 0 atom stereocenters. The minimum absolute atomic E-state index is 0. The number of phenolic OH excluding ortho intramolecular Hbond substituents is 1. The summed E-state index contributed by atoms with van der Waals surface area (Å²) in [6.07, 6.45) is 8.12. The molecule has 4 saturated carbocycles. The number of phenols is 1. The molecule has 1 amide bonds. The second kappa shape index (κ2) is 6.01. The van der Waals surface area contributed by atoms with E-state index in [0.717, 1.165) is 17.2 Å². The summed E-state index contributed by atoms with van der Waals surface area (Å²) in [5.74, 6) is 2.88. The number of aromatic nitrogens is 1. The third-order valence-electron chi connectivity index (χ3n) is 6.52. The van der Waals surface area contributed by atoms with Crippen LogP contribution in [0.4, 0.5) is 0 Å². The van der Waals surface area contributed by atoms with Crippen molar-refractivity contribution in [1.29, 1.82) is 0 Å². The molecule has 6 rings (SSSR count). The molecule has 4 bridgehead atoms. The quantitative estimate of drug-likeness (QED) is 0.865. The van der Waals surface area contributed by atoms with Gasteiger partial charge in [0.25, 0.3) is 5.91 Å². The van der Waals surface area contributed by atoms with Gasteiger partial charge in [-0.05, 0) is 67.9 Å². The standard InChI is InChI=1S/C20H22N2O2.CH4/c23-19-16(4-3-13-2-1-5-21-18(13)19)20(24)22-17-14-7-11-6-12(9-14)10-15(17)8-11;/h1-5,11-12,14-15,17,23H,6-10H2,(H,22,24);1H4. The van der Waals surface area contributed by atoms with Gasteiger partial charge in [0.05, 0.1) is 5.56 Å². The molecule has 4 fully saturated rings. The highest BCUT2D eigenvalue weighted by atomic mass is 16.3. The van der Waals surface area contributed by atoms with E-state index < -0.39 is 0 Å². The fourth-order valence-corrected chi connectivity index (χ4v) is 5.70. The van der Waals surface area contributed by atoms with Crippen molar-refractivity contribution in [2.45, 2.75) is 45.6 Å². The van der Waals surface area contributed by atoms with Crippen molar-refractivity contribution in [2.75, 3.05) is 0 Å². The Bertz CT molecular complexity index is 789. The van der Waals surface area contributed by atoms with E-state index in [4.69, 9.17) is 0 Å². The maximum absolute atomic E-state index is 12.8. The summed E-state index contributed by atoms with van der Waals surface area (Å²) in [6.45, 7) is 0. The van der Waals surface area contributed by atoms with Crippen molar-refractivity contribution < 1.29 is 9.90 Å². The van der Waals surface area contributed by atoms with E-state index in [1.54, 1.807) is 12.3 Å². The number of aromatic hydroxyl groups is 1. The second-order valence-corrected chi connectivity index (χ2v) is 7.97. The number of hydrogen-bond donors (Lipinski definition) is 2. The molecule has 0 saturated heterocycles. The van der Waals surface area contributed by atoms with Gasteiger partial charge in [0, 0.05) is 17.6 Å². The van der Waals surface area contributed by atoms with Crippen LogP contribution in [0, 0.1) is 23.7 Å². The predicted octanol–water partition coefficient (Wildman–Crippen LogP) is 4.13. The SMILES string of the molecule is C.O=C(NC1C2CC3CC(C2)CC1C3)c1ccc2cccnc2c1O. The molecule has 132 valence electrons. The lowest BCUT2D eigenvalue weighted by atomic mass is 9.54. The number of amides is 1. The highest BCUT2D eigenvalue weighted by Crippen LogP contribution is 2.53. The van der Waals surface area contributed by atoms with Gasteiger partial charge in [-0.25, -0.2) is 0 Å². The zero-order valence-electron chi connectivity index (χ0n) is 13.6. The number of carbonyl (C=O) groups is 1. The Labute approximate surface area is 148 Å². The zero-order valence-corrected chi connectivity index (χ0v) is 13.6. The molecule has 1 aromatic carbocycles. The summed E-state index contributed by atoms with van der Waals surface area (Å²) in [5.41, 5.74) is 0.838. The fraction of sp³-hybridized carbons (Fsp3) is 0.524. The maximum atomic E-state index is 12.8. The Kier molecular flexibility index (Phi) is 3.94. The molecule has 4 aliphatic rings. The number of pyridine rings is 1. The molecule has 2 N–H and O–H groups in total. The van der Waals surface area contributed by atoms with Gasteiger partial charge in [0.1, 0.15) is 5.52 Å². The maximum Gasteiger partial charge on any atom is 0.255 e. The van der Waals surface area contributed by atoms with Crippen molar-refractivity contribution in [1.82, 2.24) is 10.3 Å². The molecular weight excluding hydrogens is 312 g/mol. The Morgan fingerprint density at radius 1 is 1.04 bits per heavy atom. The average molecular weight is 338 g/mol. The molecule has 1 heterocycles. The first-order valence-electron chi connectivity index (χ1n) is 9.06. The molecule has 0 unspecified atom stereocenters. The van der Waals surface area contributed by atoms with Crippen LogP contribution in [0.15, 0.2) is 30.5 Å². The zero-order chi connectivity index (χ0) is 16.3. The largest absolute Gasteiger partial charge is 0.505 e. The lowest BCUT2D eigenvalue weighted by Crippen LogP contribution is -2.55. The Morgan fingerprint density at radius 3 is 2.40 bits per heavy atom. The van der Waals surface area contributed by atoms with E-state index in [1.807, 2.05) is 18.2 Å². The molecule has 25 heavy (non-hydrogen) atoms. The molecule has 0 aliphatic heterocycles. The highest BCUT2D eigenvalue weighted by molar-refractivity contribution is 6.02. The average Bonchev–Trinajstić information content (AvgIpc) is 2.58. The number of rotatable bonds is 2. The Morgan fingerprint density at radius 2 is 1.72 bits per heavy atom. The third kappa shape index (κ3) is 2.59. The smallest absolute Gasteiger partial charge is 0.255 e. The molecular formula is C21H26N2O2. The number of nitrogens with one attached hydrogen (secondary N) is 1. The van der Waals surface area contributed by atoms with Crippen LogP contribution in [-0.4, -0.2) is 22.0 Å². The van der Waals surface area contributed by atoms with Gasteiger partial charge in [0.2, 0.25) is 0 Å². The Balaban J connectivity index is 0.00000157. The van der Waals surface area contributed by atoms with Crippen LogP contribution in [0.3, 0.4) is 0 Å². The van der Waals surface area contributed by atoms with Gasteiger partial charge in [-0.15, -0.1) is 0 Å². The number of nitrogens with zero attached hydrogens (tertiary/aromatic N) is 1. The van der Waals surface area contributed by atoms with Crippen LogP contribution >= 0.6 is 0 Å². The van der Waals surface area contributed by atoms with Gasteiger partial charge in [0.15, 0.2) is 5.75 Å². The summed E-state index contributed by atoms with van der Waals surface area (Å²) in [6, 6.07) is 7.57. The Hall–Kier alpha value is -2.10. The summed E-state index contributed by atoms with van der Waals surface area (Å²) in [7, 11) is 0. The van der Waals surface area contributed by atoms with E-state index in [1.165, 1.54) is 32.1 Å². The normalized spacial score (nSPS) is 32.4. The topological polar surface area (TPSA) is 62.2 Å². The monoisotopic (exact) mass is 338 g/mol. The molecule has 0 spiro atoms. The van der Waals surface area contributed by atoms with E-state index in [0.29, 0.717) is 22.9 Å². The minimum atomic E-state index is -0.155.